The van der Waals surface area contributed by atoms with E-state index in [4.69, 9.17) is 9.47 Å². The van der Waals surface area contributed by atoms with E-state index in [2.05, 4.69) is 13.5 Å². The van der Waals surface area contributed by atoms with Crippen molar-refractivity contribution in [1.29, 1.82) is 0 Å². The van der Waals surface area contributed by atoms with Crippen LogP contribution in [0.15, 0.2) is 36.3 Å². The highest BCUT2D eigenvalue weighted by molar-refractivity contribution is 5.26. The second-order valence-electron chi connectivity index (χ2n) is 5.24. The Kier molecular flexibility index (Phi) is 7.34. The van der Waals surface area contributed by atoms with E-state index in [1.807, 2.05) is 0 Å². The number of allylic oxidation sites excluding steroid dienone is 3. The van der Waals surface area contributed by atoms with Gasteiger partial charge in [-0.2, -0.15) is 4.39 Å². The van der Waals surface area contributed by atoms with Gasteiger partial charge in [0.05, 0.1) is 13.2 Å². The lowest BCUT2D eigenvalue weighted by atomic mass is 9.83. The predicted molar refractivity (Wildman–Crippen MR) is 76.2 cm³/mol. The molecule has 4 heteroatoms. The molecule has 0 saturated heterocycles. The van der Waals surface area contributed by atoms with Crippen LogP contribution in [0, 0.1) is 11.8 Å². The van der Waals surface area contributed by atoms with Gasteiger partial charge in [0.25, 0.3) is 0 Å². The first kappa shape index (κ1) is 16.7. The van der Waals surface area contributed by atoms with Crippen LogP contribution in [0.5, 0.6) is 0 Å². The molecule has 114 valence electrons. The Morgan fingerprint density at radius 2 is 1.90 bits per heavy atom. The molecule has 1 aliphatic rings. The maximum atomic E-state index is 13.6. The fourth-order valence-corrected chi connectivity index (χ4v) is 2.29. The minimum absolute atomic E-state index is 0.198. The summed E-state index contributed by atoms with van der Waals surface area (Å²) >= 11 is 0. The molecular formula is C16H24F2O2. The van der Waals surface area contributed by atoms with Crippen molar-refractivity contribution in [2.75, 3.05) is 13.2 Å². The first-order chi connectivity index (χ1) is 9.58. The van der Waals surface area contributed by atoms with Crippen LogP contribution < -0.4 is 0 Å². The molecule has 0 aromatic heterocycles. The van der Waals surface area contributed by atoms with Gasteiger partial charge in [-0.05, 0) is 37.7 Å². The third-order valence-electron chi connectivity index (χ3n) is 3.57. The Bertz CT molecular complexity index is 367. The normalized spacial score (nSPS) is 24.9. The summed E-state index contributed by atoms with van der Waals surface area (Å²) in [6, 6.07) is 0. The van der Waals surface area contributed by atoms with Gasteiger partial charge in [-0.15, -0.1) is 0 Å². The van der Waals surface area contributed by atoms with Gasteiger partial charge in [0.1, 0.15) is 6.26 Å². The predicted octanol–water partition coefficient (Wildman–Crippen LogP) is 5.04. The van der Waals surface area contributed by atoms with Crippen LogP contribution >= 0.6 is 0 Å². The van der Waals surface area contributed by atoms with Gasteiger partial charge in [-0.3, -0.25) is 0 Å². The average Bonchev–Trinajstić information content (AvgIpc) is 2.46. The number of hydrogen-bond donors (Lipinski definition) is 0. The molecule has 0 aromatic carbocycles. The van der Waals surface area contributed by atoms with Gasteiger partial charge in [-0.1, -0.05) is 26.3 Å². The van der Waals surface area contributed by atoms with Crippen molar-refractivity contribution in [2.45, 2.75) is 39.5 Å². The standard InChI is InChI=1S/C16H24F2O2/c1-4-15(20-5-2)16(18)14(17)11-19-10-13-8-6-12(3)7-9-13/h4,11-13H,1,5-10H2,2-3H3/b14-11-,16-15-. The van der Waals surface area contributed by atoms with Crippen molar-refractivity contribution in [1.82, 2.24) is 0 Å². The molecule has 0 radical (unpaired) electrons. The highest BCUT2D eigenvalue weighted by atomic mass is 19.2. The molecule has 2 nitrogen and oxygen atoms in total. The molecule has 0 spiro atoms. The lowest BCUT2D eigenvalue weighted by molar-refractivity contribution is 0.147. The molecule has 1 aliphatic carbocycles. The summed E-state index contributed by atoms with van der Waals surface area (Å²) in [5.41, 5.74) is 0. The van der Waals surface area contributed by atoms with Crippen LogP contribution in [0.3, 0.4) is 0 Å². The summed E-state index contributed by atoms with van der Waals surface area (Å²) in [4.78, 5) is 0. The second-order valence-corrected chi connectivity index (χ2v) is 5.24. The van der Waals surface area contributed by atoms with E-state index in [9.17, 15) is 8.78 Å². The van der Waals surface area contributed by atoms with E-state index in [1.165, 1.54) is 12.8 Å². The van der Waals surface area contributed by atoms with Crippen molar-refractivity contribution in [3.05, 3.63) is 36.3 Å². The van der Waals surface area contributed by atoms with Gasteiger partial charge in [0, 0.05) is 0 Å². The van der Waals surface area contributed by atoms with Gasteiger partial charge >= 0.3 is 0 Å². The molecule has 1 fully saturated rings. The summed E-state index contributed by atoms with van der Waals surface area (Å²) in [7, 11) is 0. The monoisotopic (exact) mass is 286 g/mol. The Morgan fingerprint density at radius 3 is 2.45 bits per heavy atom. The van der Waals surface area contributed by atoms with Crippen LogP contribution in [-0.4, -0.2) is 13.2 Å². The van der Waals surface area contributed by atoms with Gasteiger partial charge in [-0.25, -0.2) is 4.39 Å². The minimum atomic E-state index is -1.07. The zero-order valence-corrected chi connectivity index (χ0v) is 12.3. The van der Waals surface area contributed by atoms with Crippen molar-refractivity contribution in [3.63, 3.8) is 0 Å². The molecule has 1 saturated carbocycles. The molecule has 0 atom stereocenters. The fraction of sp³-hybridized carbons (Fsp3) is 0.625. The van der Waals surface area contributed by atoms with E-state index >= 15 is 0 Å². The maximum Gasteiger partial charge on any atom is 0.203 e. The molecule has 0 heterocycles. The topological polar surface area (TPSA) is 18.5 Å². The molecule has 0 aromatic rings. The average molecular weight is 286 g/mol. The highest BCUT2D eigenvalue weighted by Gasteiger charge is 2.18. The number of ether oxygens (including phenoxy) is 2. The molecule has 0 unspecified atom stereocenters. The lowest BCUT2D eigenvalue weighted by Crippen LogP contribution is -2.16. The number of halogens is 2. The van der Waals surface area contributed by atoms with Crippen molar-refractivity contribution >= 4 is 0 Å². The molecule has 1 rings (SSSR count). The third kappa shape index (κ3) is 5.35. The minimum Gasteiger partial charge on any atom is -0.498 e. The van der Waals surface area contributed by atoms with E-state index in [1.54, 1.807) is 6.92 Å². The summed E-state index contributed by atoms with van der Waals surface area (Å²) in [6.07, 6.45) is 6.52. The Balaban J connectivity index is 2.46. The van der Waals surface area contributed by atoms with Crippen LogP contribution in [-0.2, 0) is 9.47 Å². The molecule has 20 heavy (non-hydrogen) atoms. The van der Waals surface area contributed by atoms with Gasteiger partial charge in [0.2, 0.25) is 5.83 Å². The SMILES string of the molecule is C=C/C(OCC)=C(F)\C(F)=C\OCC1CCC(C)CC1. The lowest BCUT2D eigenvalue weighted by Gasteiger charge is -2.25. The first-order valence-electron chi connectivity index (χ1n) is 7.21. The Morgan fingerprint density at radius 1 is 1.25 bits per heavy atom. The van der Waals surface area contributed by atoms with E-state index < -0.39 is 11.7 Å². The van der Waals surface area contributed by atoms with Crippen molar-refractivity contribution < 1.29 is 18.3 Å². The van der Waals surface area contributed by atoms with Crippen LogP contribution in [0.2, 0.25) is 0 Å². The summed E-state index contributed by atoms with van der Waals surface area (Å²) in [5, 5.41) is 0. The largest absolute Gasteiger partial charge is 0.498 e. The van der Waals surface area contributed by atoms with Gasteiger partial charge < -0.3 is 9.47 Å². The smallest absolute Gasteiger partial charge is 0.203 e. The maximum absolute atomic E-state index is 13.6. The zero-order chi connectivity index (χ0) is 15.0. The number of rotatable bonds is 7. The second kappa shape index (κ2) is 8.77. The number of hydrogen-bond acceptors (Lipinski definition) is 2. The van der Waals surface area contributed by atoms with E-state index in [0.29, 0.717) is 12.5 Å². The quantitative estimate of drug-likeness (QED) is 0.482. The first-order valence-corrected chi connectivity index (χ1v) is 7.21. The molecule has 0 N–H and O–H groups in total. The molecular weight excluding hydrogens is 262 g/mol. The molecule has 0 bridgehead atoms. The summed E-state index contributed by atoms with van der Waals surface area (Å²) in [6.45, 7) is 8.01. The van der Waals surface area contributed by atoms with E-state index in [0.717, 1.165) is 31.1 Å². The fourth-order valence-electron chi connectivity index (χ4n) is 2.29. The highest BCUT2D eigenvalue weighted by Crippen LogP contribution is 2.28. The van der Waals surface area contributed by atoms with Crippen molar-refractivity contribution in [2.24, 2.45) is 11.8 Å². The summed E-state index contributed by atoms with van der Waals surface area (Å²) < 4.78 is 37.3. The Hall–Kier alpha value is -1.32. The summed E-state index contributed by atoms with van der Waals surface area (Å²) in [5.74, 6) is -1.12. The van der Waals surface area contributed by atoms with Crippen LogP contribution in [0.25, 0.3) is 0 Å². The van der Waals surface area contributed by atoms with Gasteiger partial charge in [0.15, 0.2) is 11.6 Å². The molecule has 0 amide bonds. The van der Waals surface area contributed by atoms with Crippen LogP contribution in [0.4, 0.5) is 8.78 Å². The molecule has 0 aliphatic heterocycles. The van der Waals surface area contributed by atoms with Crippen molar-refractivity contribution in [3.8, 4) is 0 Å². The van der Waals surface area contributed by atoms with Crippen LogP contribution in [0.1, 0.15) is 39.5 Å². The zero-order valence-electron chi connectivity index (χ0n) is 12.3. The third-order valence-corrected chi connectivity index (χ3v) is 3.57. The Labute approximate surface area is 120 Å². The van der Waals surface area contributed by atoms with E-state index in [-0.39, 0.29) is 12.4 Å².